The van der Waals surface area contributed by atoms with Crippen LogP contribution < -0.4 is 19.3 Å². The van der Waals surface area contributed by atoms with Gasteiger partial charge in [-0.1, -0.05) is 36.4 Å². The summed E-state index contributed by atoms with van der Waals surface area (Å²) in [5, 5.41) is 0. The molecular formula is C30H34N2O3. The van der Waals surface area contributed by atoms with E-state index in [1.54, 1.807) is 0 Å². The fraction of sp³-hybridized carbons (Fsp3) is 0.367. The van der Waals surface area contributed by atoms with Gasteiger partial charge in [-0.05, 0) is 81.5 Å². The zero-order chi connectivity index (χ0) is 24.4. The number of anilines is 2. The van der Waals surface area contributed by atoms with E-state index in [1.165, 1.54) is 16.8 Å². The number of benzene rings is 3. The van der Waals surface area contributed by atoms with Crippen LogP contribution in [-0.4, -0.2) is 31.7 Å². The highest BCUT2D eigenvalue weighted by atomic mass is 16.5. The monoisotopic (exact) mass is 470 g/mol. The average Bonchev–Trinajstić information content (AvgIpc) is 2.89. The molecule has 1 amide bonds. The number of hydrogen-bond acceptors (Lipinski definition) is 4. The molecule has 5 nitrogen and oxygen atoms in total. The van der Waals surface area contributed by atoms with Crippen LogP contribution in [0.3, 0.4) is 0 Å². The van der Waals surface area contributed by atoms with Gasteiger partial charge < -0.3 is 19.3 Å². The molecule has 2 unspecified atom stereocenters. The molecule has 0 aliphatic carbocycles. The molecular weight excluding hydrogens is 436 g/mol. The first-order valence-electron chi connectivity index (χ1n) is 12.8. The van der Waals surface area contributed by atoms with Crippen LogP contribution >= 0.6 is 0 Å². The molecule has 0 N–H and O–H groups in total. The van der Waals surface area contributed by atoms with Crippen LogP contribution in [0.25, 0.3) is 0 Å². The third kappa shape index (κ3) is 4.36. The van der Waals surface area contributed by atoms with Crippen LogP contribution in [0.1, 0.15) is 61.1 Å². The number of ether oxygens (including phenoxy) is 2. The molecule has 5 heteroatoms. The summed E-state index contributed by atoms with van der Waals surface area (Å²) in [4.78, 5) is 18.4. The normalized spacial score (nSPS) is 19.1. The highest BCUT2D eigenvalue weighted by molar-refractivity contribution is 6.07. The van der Waals surface area contributed by atoms with Gasteiger partial charge in [0.1, 0.15) is 0 Å². The number of aryl methyl sites for hydroxylation is 1. The Hall–Kier alpha value is -3.47. The third-order valence-corrected chi connectivity index (χ3v) is 7.09. The summed E-state index contributed by atoms with van der Waals surface area (Å²) >= 11 is 0. The molecule has 2 atom stereocenters. The molecule has 3 aromatic carbocycles. The zero-order valence-corrected chi connectivity index (χ0v) is 20.9. The summed E-state index contributed by atoms with van der Waals surface area (Å²) in [5.41, 5.74) is 5.57. The summed E-state index contributed by atoms with van der Waals surface area (Å²) in [5.74, 6) is 1.27. The molecule has 35 heavy (non-hydrogen) atoms. The minimum absolute atomic E-state index is 0.00792. The fourth-order valence-corrected chi connectivity index (χ4v) is 5.60. The van der Waals surface area contributed by atoms with Crippen molar-refractivity contribution >= 4 is 17.3 Å². The Labute approximate surface area is 208 Å². The number of fused-ring (bicyclic) bond motifs is 2. The predicted molar refractivity (Wildman–Crippen MR) is 141 cm³/mol. The molecule has 0 saturated carbocycles. The second kappa shape index (κ2) is 10.0. The van der Waals surface area contributed by atoms with Crippen LogP contribution in [0.5, 0.6) is 11.5 Å². The van der Waals surface area contributed by atoms with E-state index in [2.05, 4.69) is 54.3 Å². The van der Waals surface area contributed by atoms with Crippen molar-refractivity contribution in [2.45, 2.75) is 52.1 Å². The molecule has 0 bridgehead atoms. The van der Waals surface area contributed by atoms with Gasteiger partial charge in [0.05, 0.1) is 19.3 Å². The lowest BCUT2D eigenvalue weighted by atomic mass is 9.88. The quantitative estimate of drug-likeness (QED) is 0.417. The molecule has 2 heterocycles. The van der Waals surface area contributed by atoms with Gasteiger partial charge in [0.2, 0.25) is 0 Å². The Bertz CT molecular complexity index is 1210. The van der Waals surface area contributed by atoms with Crippen LogP contribution in [0.2, 0.25) is 0 Å². The average molecular weight is 471 g/mol. The van der Waals surface area contributed by atoms with Gasteiger partial charge in [-0.3, -0.25) is 4.79 Å². The van der Waals surface area contributed by atoms with E-state index >= 15 is 0 Å². The minimum Gasteiger partial charge on any atom is -0.490 e. The van der Waals surface area contributed by atoms with E-state index < -0.39 is 0 Å². The number of hydrogen-bond donors (Lipinski definition) is 0. The first-order chi connectivity index (χ1) is 17.1. The van der Waals surface area contributed by atoms with Crippen LogP contribution in [-0.2, 0) is 6.42 Å². The second-order valence-corrected chi connectivity index (χ2v) is 9.29. The Morgan fingerprint density at radius 3 is 2.43 bits per heavy atom. The van der Waals surface area contributed by atoms with Crippen molar-refractivity contribution < 1.29 is 14.3 Å². The van der Waals surface area contributed by atoms with Crippen molar-refractivity contribution in [1.82, 2.24) is 0 Å². The number of rotatable bonds is 6. The maximum atomic E-state index is 13.9. The number of carbonyl (C=O) groups excluding carboxylic acids is 1. The van der Waals surface area contributed by atoms with Gasteiger partial charge in [0.15, 0.2) is 11.5 Å². The summed E-state index contributed by atoms with van der Waals surface area (Å²) in [6, 6.07) is 23.0. The first kappa shape index (κ1) is 23.3. The Kier molecular flexibility index (Phi) is 6.67. The second-order valence-electron chi connectivity index (χ2n) is 9.29. The van der Waals surface area contributed by atoms with E-state index in [9.17, 15) is 4.79 Å². The van der Waals surface area contributed by atoms with Gasteiger partial charge in [-0.15, -0.1) is 0 Å². The van der Waals surface area contributed by atoms with Gasteiger partial charge in [-0.25, -0.2) is 0 Å². The highest BCUT2D eigenvalue weighted by Crippen LogP contribution is 2.44. The minimum atomic E-state index is -0.00792. The molecule has 2 aliphatic rings. The molecule has 2 aliphatic heterocycles. The van der Waals surface area contributed by atoms with E-state index in [4.69, 9.17) is 9.47 Å². The van der Waals surface area contributed by atoms with Crippen molar-refractivity contribution in [1.29, 1.82) is 0 Å². The molecule has 0 fully saturated rings. The molecule has 0 saturated heterocycles. The Morgan fingerprint density at radius 2 is 1.63 bits per heavy atom. The highest BCUT2D eigenvalue weighted by Gasteiger charge is 2.38. The Balaban J connectivity index is 1.51. The molecule has 5 rings (SSSR count). The predicted octanol–water partition coefficient (Wildman–Crippen LogP) is 6.42. The van der Waals surface area contributed by atoms with Gasteiger partial charge >= 0.3 is 0 Å². The zero-order valence-electron chi connectivity index (χ0n) is 20.9. The van der Waals surface area contributed by atoms with Crippen LogP contribution in [0.4, 0.5) is 11.4 Å². The summed E-state index contributed by atoms with van der Waals surface area (Å²) in [7, 11) is 0. The van der Waals surface area contributed by atoms with E-state index in [0.717, 1.165) is 31.5 Å². The largest absolute Gasteiger partial charge is 0.490 e. The van der Waals surface area contributed by atoms with Crippen LogP contribution in [0.15, 0.2) is 66.7 Å². The van der Waals surface area contributed by atoms with E-state index in [0.29, 0.717) is 30.3 Å². The SMILES string of the molecule is CCOc1ccc(C(=O)N2c3ccccc3C(N3CCCc4ccccc43)CC2C)cc1OCC. The molecule has 0 spiro atoms. The summed E-state index contributed by atoms with van der Waals surface area (Å²) < 4.78 is 11.5. The molecule has 0 radical (unpaired) electrons. The molecule has 3 aromatic rings. The third-order valence-electron chi connectivity index (χ3n) is 7.09. The first-order valence-corrected chi connectivity index (χ1v) is 12.8. The maximum Gasteiger partial charge on any atom is 0.258 e. The number of para-hydroxylation sites is 2. The fourth-order valence-electron chi connectivity index (χ4n) is 5.60. The number of carbonyl (C=O) groups is 1. The lowest BCUT2D eigenvalue weighted by molar-refractivity contribution is 0.0973. The van der Waals surface area contributed by atoms with Crippen molar-refractivity contribution in [2.75, 3.05) is 29.6 Å². The van der Waals surface area contributed by atoms with Gasteiger partial charge in [0.25, 0.3) is 5.91 Å². The Morgan fingerprint density at radius 1 is 0.914 bits per heavy atom. The lowest BCUT2D eigenvalue weighted by Crippen LogP contribution is -2.47. The van der Waals surface area contributed by atoms with Crippen molar-refractivity contribution in [2.24, 2.45) is 0 Å². The topological polar surface area (TPSA) is 42.0 Å². The standard InChI is InChI=1S/C30H34N2O3/c1-4-34-28-17-16-23(20-29(28)35-5-2)30(33)32-21(3)19-27(24-13-7-9-15-26(24)32)31-18-10-12-22-11-6-8-14-25(22)31/h6-9,11,13-17,20-21,27H,4-5,10,12,18-19H2,1-3H3. The van der Waals surface area contributed by atoms with E-state index in [1.807, 2.05) is 43.0 Å². The van der Waals surface area contributed by atoms with Gasteiger partial charge in [0, 0.05) is 29.5 Å². The summed E-state index contributed by atoms with van der Waals surface area (Å²) in [6.07, 6.45) is 3.16. The van der Waals surface area contributed by atoms with Crippen molar-refractivity contribution in [3.8, 4) is 11.5 Å². The number of amides is 1. The van der Waals surface area contributed by atoms with Crippen molar-refractivity contribution in [3.05, 3.63) is 83.4 Å². The molecule has 182 valence electrons. The lowest BCUT2D eigenvalue weighted by Gasteiger charge is -2.46. The summed E-state index contributed by atoms with van der Waals surface area (Å²) in [6.45, 7) is 8.14. The number of nitrogens with zero attached hydrogens (tertiary/aromatic N) is 2. The van der Waals surface area contributed by atoms with E-state index in [-0.39, 0.29) is 18.0 Å². The molecule has 0 aromatic heterocycles. The van der Waals surface area contributed by atoms with Crippen LogP contribution in [0, 0.1) is 0 Å². The van der Waals surface area contributed by atoms with Gasteiger partial charge in [-0.2, -0.15) is 0 Å². The maximum absolute atomic E-state index is 13.9. The van der Waals surface area contributed by atoms with Crippen molar-refractivity contribution in [3.63, 3.8) is 0 Å². The smallest absolute Gasteiger partial charge is 0.258 e.